The number of rotatable bonds is 1. The fourth-order valence-corrected chi connectivity index (χ4v) is 0.786. The van der Waals surface area contributed by atoms with Gasteiger partial charge in [-0.3, -0.25) is 4.98 Å². The molecule has 0 saturated heterocycles. The number of aromatic nitrogens is 1. The minimum atomic E-state index is -0.00389. The zero-order chi connectivity index (χ0) is 8.27. The number of terminal acetylenes is 1. The molecule has 0 bridgehead atoms. The van der Waals surface area contributed by atoms with Gasteiger partial charge in [0, 0.05) is 24.0 Å². The molecule has 0 aliphatic carbocycles. The summed E-state index contributed by atoms with van der Waals surface area (Å²) in [7, 11) is 0. The summed E-state index contributed by atoms with van der Waals surface area (Å²) in [6.45, 7) is 1.90. The molecule has 0 unspecified atom stereocenters. The third kappa shape index (κ3) is 1.79. The van der Waals surface area contributed by atoms with Crippen molar-refractivity contribution in [1.82, 2.24) is 4.98 Å². The molecule has 2 nitrogen and oxygen atoms in total. The molecule has 0 aliphatic heterocycles. The minimum Gasteiger partial charge on any atom is -0.324 e. The average Bonchev–Trinajstić information content (AvgIpc) is 2.05. The van der Waals surface area contributed by atoms with Gasteiger partial charge in [0.2, 0.25) is 0 Å². The van der Waals surface area contributed by atoms with Crippen LogP contribution in [0.3, 0.4) is 0 Å². The van der Waals surface area contributed by atoms with E-state index in [4.69, 9.17) is 12.2 Å². The quantitative estimate of drug-likeness (QED) is 0.602. The average molecular weight is 146 g/mol. The largest absolute Gasteiger partial charge is 0.324 e. The van der Waals surface area contributed by atoms with Crippen LogP contribution in [0.2, 0.25) is 0 Å². The molecule has 0 radical (unpaired) electrons. The maximum Gasteiger partial charge on any atom is 0.0429 e. The summed E-state index contributed by atoms with van der Waals surface area (Å²) in [5.41, 5.74) is 7.38. The molecule has 0 aliphatic rings. The maximum atomic E-state index is 5.63. The van der Waals surface area contributed by atoms with Gasteiger partial charge in [0.25, 0.3) is 0 Å². The first-order valence-electron chi connectivity index (χ1n) is 3.41. The molecular weight excluding hydrogens is 136 g/mol. The van der Waals surface area contributed by atoms with Gasteiger partial charge >= 0.3 is 0 Å². The zero-order valence-corrected chi connectivity index (χ0v) is 6.41. The lowest BCUT2D eigenvalue weighted by atomic mass is 10.1. The molecule has 0 spiro atoms. The zero-order valence-electron chi connectivity index (χ0n) is 6.41. The fourth-order valence-electron chi connectivity index (χ4n) is 0.786. The van der Waals surface area contributed by atoms with Crippen molar-refractivity contribution in [3.05, 3.63) is 29.6 Å². The first kappa shape index (κ1) is 7.77. The van der Waals surface area contributed by atoms with Crippen LogP contribution in [0.1, 0.15) is 24.1 Å². The summed E-state index contributed by atoms with van der Waals surface area (Å²) in [6, 6.07) is 1.87. The first-order chi connectivity index (χ1) is 5.24. The normalized spacial score (nSPS) is 12.1. The maximum absolute atomic E-state index is 5.63. The summed E-state index contributed by atoms with van der Waals surface area (Å²) >= 11 is 0. The molecule has 1 rings (SSSR count). The molecule has 0 aromatic carbocycles. The Morgan fingerprint density at radius 2 is 2.36 bits per heavy atom. The van der Waals surface area contributed by atoms with Crippen molar-refractivity contribution < 1.29 is 0 Å². The summed E-state index contributed by atoms with van der Waals surface area (Å²) in [5.74, 6) is 2.50. The van der Waals surface area contributed by atoms with Crippen LogP contribution < -0.4 is 5.73 Å². The smallest absolute Gasteiger partial charge is 0.0429 e. The van der Waals surface area contributed by atoms with Crippen molar-refractivity contribution in [2.24, 2.45) is 5.73 Å². The van der Waals surface area contributed by atoms with E-state index in [0.29, 0.717) is 0 Å². The van der Waals surface area contributed by atoms with E-state index < -0.39 is 0 Å². The van der Waals surface area contributed by atoms with Gasteiger partial charge in [-0.15, -0.1) is 6.42 Å². The predicted octanol–water partition coefficient (Wildman–Crippen LogP) is 1.08. The van der Waals surface area contributed by atoms with Crippen LogP contribution >= 0.6 is 0 Å². The van der Waals surface area contributed by atoms with Gasteiger partial charge in [0.1, 0.15) is 0 Å². The van der Waals surface area contributed by atoms with E-state index in [0.717, 1.165) is 11.1 Å². The van der Waals surface area contributed by atoms with E-state index in [9.17, 15) is 0 Å². The molecule has 2 heteroatoms. The third-order valence-electron chi connectivity index (χ3n) is 1.45. The van der Waals surface area contributed by atoms with Crippen molar-refractivity contribution in [1.29, 1.82) is 0 Å². The first-order valence-corrected chi connectivity index (χ1v) is 3.41. The van der Waals surface area contributed by atoms with Crippen molar-refractivity contribution in [2.75, 3.05) is 0 Å². The van der Waals surface area contributed by atoms with Crippen LogP contribution in [0.5, 0.6) is 0 Å². The second-order valence-electron chi connectivity index (χ2n) is 2.44. The van der Waals surface area contributed by atoms with Crippen molar-refractivity contribution in [3.63, 3.8) is 0 Å². The lowest BCUT2D eigenvalue weighted by Gasteiger charge is -2.03. The van der Waals surface area contributed by atoms with Crippen LogP contribution in [0.25, 0.3) is 0 Å². The van der Waals surface area contributed by atoms with Gasteiger partial charge in [-0.05, 0) is 18.6 Å². The van der Waals surface area contributed by atoms with Crippen LogP contribution in [0, 0.1) is 12.3 Å². The molecule has 0 amide bonds. The Morgan fingerprint density at radius 1 is 1.64 bits per heavy atom. The topological polar surface area (TPSA) is 38.9 Å². The molecule has 56 valence electrons. The predicted molar refractivity (Wildman–Crippen MR) is 44.8 cm³/mol. The number of hydrogen-bond donors (Lipinski definition) is 1. The molecular formula is C9H10N2. The van der Waals surface area contributed by atoms with Gasteiger partial charge in [0.05, 0.1) is 0 Å². The Bertz CT molecular complexity index is 284. The fraction of sp³-hybridized carbons (Fsp3) is 0.222. The van der Waals surface area contributed by atoms with Gasteiger partial charge in [-0.1, -0.05) is 5.92 Å². The van der Waals surface area contributed by atoms with Crippen LogP contribution in [-0.2, 0) is 0 Å². The molecule has 0 saturated carbocycles. The van der Waals surface area contributed by atoms with Gasteiger partial charge in [-0.2, -0.15) is 0 Å². The van der Waals surface area contributed by atoms with Crippen molar-refractivity contribution in [3.8, 4) is 12.3 Å². The van der Waals surface area contributed by atoms with E-state index in [-0.39, 0.29) is 6.04 Å². The van der Waals surface area contributed by atoms with Crippen LogP contribution in [-0.4, -0.2) is 4.98 Å². The SMILES string of the molecule is C#Cc1cncc([C@H](C)N)c1. The second kappa shape index (κ2) is 3.18. The van der Waals surface area contributed by atoms with E-state index in [1.807, 2.05) is 13.0 Å². The Balaban J connectivity index is 3.03. The highest BCUT2D eigenvalue weighted by Gasteiger charge is 1.98. The number of nitrogens with two attached hydrogens (primary N) is 1. The van der Waals surface area contributed by atoms with Gasteiger partial charge in [-0.25, -0.2) is 0 Å². The summed E-state index contributed by atoms with van der Waals surface area (Å²) in [4.78, 5) is 3.95. The minimum absolute atomic E-state index is 0.00389. The number of nitrogens with zero attached hydrogens (tertiary/aromatic N) is 1. The van der Waals surface area contributed by atoms with E-state index in [1.165, 1.54) is 0 Å². The lowest BCUT2D eigenvalue weighted by molar-refractivity contribution is 0.811. The molecule has 0 fully saturated rings. The summed E-state index contributed by atoms with van der Waals surface area (Å²) in [6.07, 6.45) is 8.56. The standard InChI is InChI=1S/C9H10N2/c1-3-8-4-9(7(2)10)6-11-5-8/h1,4-7H,10H2,2H3/t7-/m0/s1. The number of pyridine rings is 1. The number of hydrogen-bond acceptors (Lipinski definition) is 2. The highest BCUT2D eigenvalue weighted by Crippen LogP contribution is 2.08. The molecule has 1 aromatic rings. The van der Waals surface area contributed by atoms with Crippen molar-refractivity contribution in [2.45, 2.75) is 13.0 Å². The molecule has 1 atom stereocenters. The van der Waals surface area contributed by atoms with E-state index in [1.54, 1.807) is 12.4 Å². The van der Waals surface area contributed by atoms with Gasteiger partial charge < -0.3 is 5.73 Å². The third-order valence-corrected chi connectivity index (χ3v) is 1.45. The van der Waals surface area contributed by atoms with Crippen molar-refractivity contribution >= 4 is 0 Å². The highest BCUT2D eigenvalue weighted by molar-refractivity contribution is 5.32. The Morgan fingerprint density at radius 3 is 2.91 bits per heavy atom. The Kier molecular flexibility index (Phi) is 2.25. The summed E-state index contributed by atoms with van der Waals surface area (Å²) in [5, 5.41) is 0. The Hall–Kier alpha value is -1.33. The van der Waals surface area contributed by atoms with Crippen LogP contribution in [0.15, 0.2) is 18.5 Å². The highest BCUT2D eigenvalue weighted by atomic mass is 14.7. The monoisotopic (exact) mass is 146 g/mol. The molecule has 11 heavy (non-hydrogen) atoms. The molecule has 1 aromatic heterocycles. The second-order valence-corrected chi connectivity index (χ2v) is 2.44. The summed E-state index contributed by atoms with van der Waals surface area (Å²) < 4.78 is 0. The van der Waals surface area contributed by atoms with Crippen LogP contribution in [0.4, 0.5) is 0 Å². The molecule has 1 heterocycles. The van der Waals surface area contributed by atoms with Gasteiger partial charge in [0.15, 0.2) is 0 Å². The Labute approximate surface area is 66.4 Å². The van der Waals surface area contributed by atoms with E-state index in [2.05, 4.69) is 10.9 Å². The molecule has 2 N–H and O–H groups in total. The lowest BCUT2D eigenvalue weighted by Crippen LogP contribution is -2.05. The van der Waals surface area contributed by atoms with E-state index >= 15 is 0 Å².